The summed E-state index contributed by atoms with van der Waals surface area (Å²) in [5.74, 6) is 1.10. The molecule has 2 aromatic rings. The van der Waals surface area contributed by atoms with E-state index in [0.29, 0.717) is 0 Å². The molecule has 0 saturated heterocycles. The van der Waals surface area contributed by atoms with Crippen LogP contribution in [-0.4, -0.2) is 17.4 Å². The average Bonchev–Trinajstić information content (AvgIpc) is 2.87. The van der Waals surface area contributed by atoms with Crippen molar-refractivity contribution in [3.8, 4) is 0 Å². The first kappa shape index (κ1) is 9.90. The van der Waals surface area contributed by atoms with Crippen molar-refractivity contribution in [3.63, 3.8) is 0 Å². The number of benzene rings is 1. The minimum Gasteiger partial charge on any atom is -0.360 e. The summed E-state index contributed by atoms with van der Waals surface area (Å²) in [6, 6.07) is 6.29. The highest BCUT2D eigenvalue weighted by Crippen LogP contribution is 2.27. The van der Waals surface area contributed by atoms with Gasteiger partial charge in [0.1, 0.15) is 5.84 Å². The van der Waals surface area contributed by atoms with E-state index in [1.807, 2.05) is 6.20 Å². The molecule has 2 N–H and O–H groups in total. The lowest BCUT2D eigenvalue weighted by Gasteiger charge is -2.07. The van der Waals surface area contributed by atoms with Crippen molar-refractivity contribution in [2.24, 2.45) is 4.99 Å². The van der Waals surface area contributed by atoms with Gasteiger partial charge in [0.15, 0.2) is 0 Å². The highest BCUT2D eigenvalue weighted by Gasteiger charge is 2.08. The van der Waals surface area contributed by atoms with Crippen LogP contribution in [0.4, 0.5) is 5.69 Å². The van der Waals surface area contributed by atoms with Crippen LogP contribution in [0.15, 0.2) is 33.9 Å². The molecule has 0 spiro atoms. The van der Waals surface area contributed by atoms with Gasteiger partial charge in [-0.1, -0.05) is 0 Å². The summed E-state index contributed by atoms with van der Waals surface area (Å²) in [6.45, 7) is 0.954. The van der Waals surface area contributed by atoms with Crippen LogP contribution >= 0.6 is 15.9 Å². The molecule has 1 aromatic heterocycles. The van der Waals surface area contributed by atoms with Crippen molar-refractivity contribution in [3.05, 3.63) is 28.9 Å². The number of rotatable bonds is 1. The summed E-state index contributed by atoms with van der Waals surface area (Å²) in [5.41, 5.74) is 2.23. The molecule has 0 fully saturated rings. The van der Waals surface area contributed by atoms with E-state index in [2.05, 4.69) is 49.4 Å². The number of hydrogen-bond donors (Lipinski definition) is 2. The van der Waals surface area contributed by atoms with E-state index in [0.717, 1.165) is 40.9 Å². The van der Waals surface area contributed by atoms with E-state index in [-0.39, 0.29) is 0 Å². The van der Waals surface area contributed by atoms with E-state index in [1.165, 1.54) is 5.39 Å². The van der Waals surface area contributed by atoms with Gasteiger partial charge in [0, 0.05) is 34.7 Å². The number of fused-ring (bicyclic) bond motifs is 1. The first-order valence-electron chi connectivity index (χ1n) is 5.40. The Hall–Kier alpha value is -1.29. The van der Waals surface area contributed by atoms with E-state index in [9.17, 15) is 0 Å². The number of hydrogen-bond acceptors (Lipinski definition) is 2. The SMILES string of the molecule is Brc1cc(NC2=NCCC2)cc2cc[nH]c12. The predicted molar refractivity (Wildman–Crippen MR) is 71.2 cm³/mol. The Labute approximate surface area is 102 Å². The molecule has 0 unspecified atom stereocenters. The van der Waals surface area contributed by atoms with Gasteiger partial charge in [-0.05, 0) is 40.5 Å². The zero-order valence-electron chi connectivity index (χ0n) is 8.76. The summed E-state index contributed by atoms with van der Waals surface area (Å²) in [5, 5.41) is 4.57. The zero-order valence-corrected chi connectivity index (χ0v) is 10.3. The lowest BCUT2D eigenvalue weighted by atomic mass is 10.2. The van der Waals surface area contributed by atoms with E-state index in [1.54, 1.807) is 0 Å². The van der Waals surface area contributed by atoms with Crippen molar-refractivity contribution in [2.45, 2.75) is 12.8 Å². The summed E-state index contributed by atoms with van der Waals surface area (Å²) in [6.07, 6.45) is 4.17. The monoisotopic (exact) mass is 277 g/mol. The first-order valence-corrected chi connectivity index (χ1v) is 6.19. The van der Waals surface area contributed by atoms with Crippen LogP contribution in [0, 0.1) is 0 Å². The van der Waals surface area contributed by atoms with Crippen molar-refractivity contribution in [1.29, 1.82) is 0 Å². The number of halogens is 1. The minimum atomic E-state index is 0.954. The summed E-state index contributed by atoms with van der Waals surface area (Å²) in [4.78, 5) is 7.61. The fourth-order valence-corrected chi connectivity index (χ4v) is 2.60. The first-order chi connectivity index (χ1) is 7.83. The maximum absolute atomic E-state index is 4.41. The molecule has 1 aliphatic heterocycles. The molecule has 0 amide bonds. The number of nitrogens with one attached hydrogen (secondary N) is 2. The largest absolute Gasteiger partial charge is 0.360 e. The van der Waals surface area contributed by atoms with Crippen LogP contribution in [0.2, 0.25) is 0 Å². The Kier molecular flexibility index (Phi) is 2.44. The third-order valence-electron chi connectivity index (χ3n) is 2.77. The minimum absolute atomic E-state index is 0.954. The molecule has 1 aliphatic rings. The molecule has 2 heterocycles. The Morgan fingerprint density at radius 2 is 2.31 bits per heavy atom. The number of aliphatic imine (C=N–C) groups is 1. The molecule has 0 aliphatic carbocycles. The van der Waals surface area contributed by atoms with Crippen molar-refractivity contribution in [2.75, 3.05) is 11.9 Å². The summed E-state index contributed by atoms with van der Waals surface area (Å²) >= 11 is 3.57. The molecule has 1 aromatic carbocycles. The number of anilines is 1. The van der Waals surface area contributed by atoms with Gasteiger partial charge in [-0.2, -0.15) is 0 Å². The fourth-order valence-electron chi connectivity index (χ4n) is 2.01. The number of nitrogens with zero attached hydrogens (tertiary/aromatic N) is 1. The van der Waals surface area contributed by atoms with Crippen LogP contribution in [0.1, 0.15) is 12.8 Å². The van der Waals surface area contributed by atoms with Gasteiger partial charge < -0.3 is 10.3 Å². The number of H-pyrrole nitrogens is 1. The van der Waals surface area contributed by atoms with Crippen molar-refractivity contribution < 1.29 is 0 Å². The molecule has 0 saturated carbocycles. The van der Waals surface area contributed by atoms with E-state index in [4.69, 9.17) is 0 Å². The van der Waals surface area contributed by atoms with Gasteiger partial charge in [-0.15, -0.1) is 0 Å². The molecule has 4 heteroatoms. The van der Waals surface area contributed by atoms with E-state index < -0.39 is 0 Å². The topological polar surface area (TPSA) is 40.2 Å². The molecule has 3 nitrogen and oxygen atoms in total. The molecule has 0 atom stereocenters. The fraction of sp³-hybridized carbons (Fsp3) is 0.250. The second-order valence-electron chi connectivity index (χ2n) is 3.96. The second kappa shape index (κ2) is 3.94. The lowest BCUT2D eigenvalue weighted by Crippen LogP contribution is -2.08. The summed E-state index contributed by atoms with van der Waals surface area (Å²) < 4.78 is 1.08. The maximum atomic E-state index is 4.41. The number of aromatic amines is 1. The predicted octanol–water partition coefficient (Wildman–Crippen LogP) is 3.53. The maximum Gasteiger partial charge on any atom is 0.101 e. The molecule has 0 bridgehead atoms. The van der Waals surface area contributed by atoms with E-state index >= 15 is 0 Å². The van der Waals surface area contributed by atoms with Crippen molar-refractivity contribution >= 4 is 38.4 Å². The van der Waals surface area contributed by atoms with Crippen LogP contribution in [0.3, 0.4) is 0 Å². The Morgan fingerprint density at radius 1 is 1.38 bits per heavy atom. The van der Waals surface area contributed by atoms with Crippen LogP contribution in [0.25, 0.3) is 10.9 Å². The standard InChI is InChI=1S/C12H12BrN3/c13-10-7-9(16-11-2-1-4-14-11)6-8-3-5-15-12(8)10/h3,5-7,15H,1-2,4H2,(H,14,16). The number of amidine groups is 1. The quantitative estimate of drug-likeness (QED) is 0.823. The van der Waals surface area contributed by atoms with Crippen LogP contribution in [0.5, 0.6) is 0 Å². The van der Waals surface area contributed by atoms with Gasteiger partial charge >= 0.3 is 0 Å². The van der Waals surface area contributed by atoms with Gasteiger partial charge in [-0.25, -0.2) is 0 Å². The highest BCUT2D eigenvalue weighted by molar-refractivity contribution is 9.10. The Balaban J connectivity index is 1.97. The van der Waals surface area contributed by atoms with Crippen molar-refractivity contribution in [1.82, 2.24) is 4.98 Å². The van der Waals surface area contributed by atoms with Gasteiger partial charge in [-0.3, -0.25) is 4.99 Å². The lowest BCUT2D eigenvalue weighted by molar-refractivity contribution is 0.951. The average molecular weight is 278 g/mol. The van der Waals surface area contributed by atoms with Gasteiger partial charge in [0.25, 0.3) is 0 Å². The van der Waals surface area contributed by atoms with Gasteiger partial charge in [0.05, 0.1) is 5.52 Å². The normalized spacial score (nSPS) is 15.4. The molecule has 0 radical (unpaired) electrons. The third kappa shape index (κ3) is 1.73. The van der Waals surface area contributed by atoms with Gasteiger partial charge in [0.2, 0.25) is 0 Å². The molecular weight excluding hydrogens is 266 g/mol. The molecular formula is C12H12BrN3. The molecule has 16 heavy (non-hydrogen) atoms. The molecule has 82 valence electrons. The number of aromatic nitrogens is 1. The smallest absolute Gasteiger partial charge is 0.101 e. The summed E-state index contributed by atoms with van der Waals surface area (Å²) in [7, 11) is 0. The third-order valence-corrected chi connectivity index (χ3v) is 3.40. The Morgan fingerprint density at radius 3 is 3.12 bits per heavy atom. The molecule has 3 rings (SSSR count). The second-order valence-corrected chi connectivity index (χ2v) is 4.81. The Bertz CT molecular complexity index is 556. The highest BCUT2D eigenvalue weighted by atomic mass is 79.9. The van der Waals surface area contributed by atoms with Crippen LogP contribution < -0.4 is 5.32 Å². The van der Waals surface area contributed by atoms with Crippen LogP contribution in [-0.2, 0) is 0 Å². The zero-order chi connectivity index (χ0) is 11.0.